The molecule has 0 spiro atoms. The summed E-state index contributed by atoms with van der Waals surface area (Å²) < 4.78 is 80.2. The maximum atomic E-state index is 12.2. The smallest absolute Gasteiger partial charge is 0.406 e. The summed E-state index contributed by atoms with van der Waals surface area (Å²) in [5.41, 5.74) is -0.112. The summed E-state index contributed by atoms with van der Waals surface area (Å²) in [5.74, 6) is -1.88. The Balaban J connectivity index is 3.16. The van der Waals surface area contributed by atoms with Crippen molar-refractivity contribution in [3.8, 4) is 11.5 Å². The zero-order valence-electron chi connectivity index (χ0n) is 10.2. The van der Waals surface area contributed by atoms with Crippen LogP contribution in [0.3, 0.4) is 0 Å². The van der Waals surface area contributed by atoms with Gasteiger partial charge in [-0.05, 0) is 18.2 Å². The molecule has 0 saturated carbocycles. The second-order valence-corrected chi connectivity index (χ2v) is 3.82. The topological polar surface area (TPSA) is 18.5 Å². The van der Waals surface area contributed by atoms with E-state index >= 15 is 0 Å². The summed E-state index contributed by atoms with van der Waals surface area (Å²) in [5, 5.41) is 0. The van der Waals surface area contributed by atoms with Crippen LogP contribution in [-0.2, 0) is 0 Å². The average Bonchev–Trinajstić information content (AvgIpc) is 2.26. The van der Waals surface area contributed by atoms with E-state index in [0.29, 0.717) is 0 Å². The summed E-state index contributed by atoms with van der Waals surface area (Å²) in [6, 6.07) is 2.35. The van der Waals surface area contributed by atoms with E-state index in [1.54, 1.807) is 0 Å². The molecule has 1 atom stereocenters. The van der Waals surface area contributed by atoms with Crippen LogP contribution in [0.1, 0.15) is 18.4 Å². The average molecular weight is 300 g/mol. The number of ether oxygens (including phenoxy) is 2. The lowest BCUT2D eigenvalue weighted by Crippen LogP contribution is -2.19. The lowest BCUT2D eigenvalue weighted by molar-refractivity contribution is -0.277. The van der Waals surface area contributed by atoms with Crippen molar-refractivity contribution in [3.63, 3.8) is 0 Å². The Morgan fingerprint density at radius 3 is 2.05 bits per heavy atom. The first-order valence-corrected chi connectivity index (χ1v) is 5.30. The molecule has 0 saturated heterocycles. The van der Waals surface area contributed by atoms with Crippen molar-refractivity contribution in [2.24, 2.45) is 0 Å². The van der Waals surface area contributed by atoms with Crippen molar-refractivity contribution < 1.29 is 35.8 Å². The lowest BCUT2D eigenvalue weighted by atomic mass is 10.00. The van der Waals surface area contributed by atoms with Gasteiger partial charge in [0.15, 0.2) is 0 Å². The van der Waals surface area contributed by atoms with Crippen molar-refractivity contribution in [1.82, 2.24) is 0 Å². The Morgan fingerprint density at radius 2 is 1.60 bits per heavy atom. The van der Waals surface area contributed by atoms with Gasteiger partial charge in [-0.3, -0.25) is 0 Å². The Morgan fingerprint density at radius 1 is 1.05 bits per heavy atom. The molecule has 0 N–H and O–H groups in total. The minimum Gasteiger partial charge on any atom is -0.406 e. The van der Waals surface area contributed by atoms with Gasteiger partial charge < -0.3 is 9.47 Å². The van der Waals surface area contributed by atoms with Crippen LogP contribution in [0.4, 0.5) is 26.3 Å². The van der Waals surface area contributed by atoms with Crippen LogP contribution in [0.2, 0.25) is 0 Å². The second kappa shape index (κ2) is 5.64. The van der Waals surface area contributed by atoms with Gasteiger partial charge in [-0.15, -0.1) is 32.9 Å². The first-order chi connectivity index (χ1) is 9.02. The Kier molecular flexibility index (Phi) is 4.57. The van der Waals surface area contributed by atoms with Crippen LogP contribution in [0, 0.1) is 0 Å². The van der Waals surface area contributed by atoms with E-state index < -0.39 is 30.1 Å². The van der Waals surface area contributed by atoms with Gasteiger partial charge in [0.05, 0.1) is 0 Å². The standard InChI is InChI=1S/C12H10F6O2/c1-3-7(2)9-6-8(19-11(13,14)15)4-5-10(9)20-12(16,17)18/h3-7H,1H2,2H3. The number of hydrogen-bond donors (Lipinski definition) is 0. The van der Waals surface area contributed by atoms with Gasteiger partial charge in [-0.2, -0.15) is 0 Å². The van der Waals surface area contributed by atoms with Crippen LogP contribution < -0.4 is 9.47 Å². The van der Waals surface area contributed by atoms with Gasteiger partial charge in [0, 0.05) is 11.5 Å². The molecule has 0 aromatic heterocycles. The molecular formula is C12H10F6O2. The van der Waals surface area contributed by atoms with Gasteiger partial charge in [0.25, 0.3) is 0 Å². The molecule has 20 heavy (non-hydrogen) atoms. The van der Waals surface area contributed by atoms with E-state index in [4.69, 9.17) is 0 Å². The molecule has 112 valence electrons. The summed E-state index contributed by atoms with van der Waals surface area (Å²) >= 11 is 0. The highest BCUT2D eigenvalue weighted by Crippen LogP contribution is 2.35. The monoisotopic (exact) mass is 300 g/mol. The molecule has 0 amide bonds. The molecule has 0 radical (unpaired) electrons. The van der Waals surface area contributed by atoms with Crippen LogP contribution in [0.25, 0.3) is 0 Å². The highest BCUT2D eigenvalue weighted by molar-refractivity contribution is 5.43. The van der Waals surface area contributed by atoms with Crippen molar-refractivity contribution in [3.05, 3.63) is 36.4 Å². The second-order valence-electron chi connectivity index (χ2n) is 3.82. The molecule has 0 aliphatic heterocycles. The molecule has 1 aromatic rings. The molecule has 0 bridgehead atoms. The highest BCUT2D eigenvalue weighted by Gasteiger charge is 2.34. The number of allylic oxidation sites excluding steroid dienone is 1. The first-order valence-electron chi connectivity index (χ1n) is 5.30. The lowest BCUT2D eigenvalue weighted by Gasteiger charge is -2.17. The third-order valence-electron chi connectivity index (χ3n) is 2.28. The van der Waals surface area contributed by atoms with Crippen LogP contribution in [-0.4, -0.2) is 12.7 Å². The maximum Gasteiger partial charge on any atom is 0.573 e. The summed E-state index contributed by atoms with van der Waals surface area (Å²) in [7, 11) is 0. The number of rotatable bonds is 4. The third-order valence-corrected chi connectivity index (χ3v) is 2.28. The first kappa shape index (κ1) is 16.2. The normalized spacial score (nSPS) is 13.8. The molecule has 2 nitrogen and oxygen atoms in total. The van der Waals surface area contributed by atoms with Gasteiger partial charge in [-0.1, -0.05) is 13.0 Å². The fourth-order valence-electron chi connectivity index (χ4n) is 1.42. The van der Waals surface area contributed by atoms with Crippen molar-refractivity contribution in [2.45, 2.75) is 25.6 Å². The van der Waals surface area contributed by atoms with Crippen LogP contribution >= 0.6 is 0 Å². The molecule has 0 fully saturated rings. The third kappa shape index (κ3) is 5.02. The Hall–Kier alpha value is -1.86. The van der Waals surface area contributed by atoms with Crippen LogP contribution in [0.5, 0.6) is 11.5 Å². The number of halogens is 6. The van der Waals surface area contributed by atoms with Gasteiger partial charge in [0.1, 0.15) is 11.5 Å². The van der Waals surface area contributed by atoms with Gasteiger partial charge in [0.2, 0.25) is 0 Å². The molecule has 1 aromatic carbocycles. The zero-order valence-corrected chi connectivity index (χ0v) is 10.2. The van der Waals surface area contributed by atoms with Crippen LogP contribution in [0.15, 0.2) is 30.9 Å². The highest BCUT2D eigenvalue weighted by atomic mass is 19.4. The summed E-state index contributed by atoms with van der Waals surface area (Å²) in [6.07, 6.45) is -8.60. The number of alkyl halides is 6. The molecule has 0 heterocycles. The Bertz CT molecular complexity index is 478. The van der Waals surface area contributed by atoms with E-state index in [1.165, 1.54) is 13.0 Å². The Labute approximate surface area is 110 Å². The number of hydrogen-bond acceptors (Lipinski definition) is 2. The maximum absolute atomic E-state index is 12.2. The van der Waals surface area contributed by atoms with E-state index in [0.717, 1.165) is 18.2 Å². The molecule has 1 rings (SSSR count). The predicted octanol–water partition coefficient (Wildman–Crippen LogP) is 4.77. The van der Waals surface area contributed by atoms with E-state index in [9.17, 15) is 26.3 Å². The largest absolute Gasteiger partial charge is 0.573 e. The predicted molar refractivity (Wildman–Crippen MR) is 58.4 cm³/mol. The fourth-order valence-corrected chi connectivity index (χ4v) is 1.42. The summed E-state index contributed by atoms with van der Waals surface area (Å²) in [4.78, 5) is 0. The van der Waals surface area contributed by atoms with Crippen molar-refractivity contribution >= 4 is 0 Å². The minimum atomic E-state index is -4.94. The molecule has 0 aliphatic carbocycles. The fraction of sp³-hybridized carbons (Fsp3) is 0.333. The molecule has 8 heteroatoms. The van der Waals surface area contributed by atoms with Gasteiger partial charge >= 0.3 is 12.7 Å². The zero-order chi connectivity index (χ0) is 15.6. The molecule has 1 unspecified atom stereocenters. The van der Waals surface area contributed by atoms with Crippen molar-refractivity contribution in [1.29, 1.82) is 0 Å². The van der Waals surface area contributed by atoms with E-state index in [-0.39, 0.29) is 5.56 Å². The van der Waals surface area contributed by atoms with Crippen molar-refractivity contribution in [2.75, 3.05) is 0 Å². The van der Waals surface area contributed by atoms with E-state index in [2.05, 4.69) is 16.1 Å². The quantitative estimate of drug-likeness (QED) is 0.589. The van der Waals surface area contributed by atoms with Gasteiger partial charge in [-0.25, -0.2) is 0 Å². The molecular weight excluding hydrogens is 290 g/mol. The molecule has 0 aliphatic rings. The van der Waals surface area contributed by atoms with E-state index in [1.807, 2.05) is 0 Å². The summed E-state index contributed by atoms with van der Waals surface area (Å²) in [6.45, 7) is 4.84. The SMILES string of the molecule is C=CC(C)c1cc(OC(F)(F)F)ccc1OC(F)(F)F. The minimum absolute atomic E-state index is 0.112. The number of benzene rings is 1.